The first-order chi connectivity index (χ1) is 13.1. The summed E-state index contributed by atoms with van der Waals surface area (Å²) in [6, 6.07) is 0. The highest BCUT2D eigenvalue weighted by atomic mass is 32.2. The lowest BCUT2D eigenvalue weighted by Gasteiger charge is -2.21. The van der Waals surface area contributed by atoms with Gasteiger partial charge in [0, 0.05) is 32.2 Å². The molecule has 2 aromatic rings. The van der Waals surface area contributed by atoms with Crippen molar-refractivity contribution in [1.82, 2.24) is 14.9 Å². The first kappa shape index (κ1) is 20.3. The summed E-state index contributed by atoms with van der Waals surface area (Å²) in [5, 5.41) is 1.24. The van der Waals surface area contributed by atoms with Crippen LogP contribution in [0.1, 0.15) is 23.3 Å². The number of thiophene rings is 1. The maximum absolute atomic E-state index is 12.6. The van der Waals surface area contributed by atoms with E-state index in [1.807, 2.05) is 0 Å². The molecule has 27 heavy (non-hydrogen) atoms. The molecule has 0 radical (unpaired) electrons. The van der Waals surface area contributed by atoms with E-state index in [1.165, 1.54) is 28.6 Å². The van der Waals surface area contributed by atoms with Crippen molar-refractivity contribution in [3.8, 4) is 0 Å². The lowest BCUT2D eigenvalue weighted by atomic mass is 9.97. The van der Waals surface area contributed by atoms with E-state index in [1.54, 1.807) is 30.5 Å². The topological polar surface area (TPSA) is 84.5 Å². The van der Waals surface area contributed by atoms with Crippen molar-refractivity contribution in [3.63, 3.8) is 0 Å². The third-order valence-electron chi connectivity index (χ3n) is 4.62. The molecule has 0 spiro atoms. The van der Waals surface area contributed by atoms with Crippen LogP contribution in [0.15, 0.2) is 9.95 Å². The molecule has 0 saturated heterocycles. The second-order valence-electron chi connectivity index (χ2n) is 6.42. The predicted molar refractivity (Wildman–Crippen MR) is 108 cm³/mol. The number of aromatic nitrogens is 2. The smallest absolute Gasteiger partial charge is 0.260 e. The maximum Gasteiger partial charge on any atom is 0.260 e. The molecule has 1 N–H and O–H groups in total. The number of aromatic amines is 1. The molecule has 0 fully saturated rings. The third-order valence-corrected chi connectivity index (χ3v) is 6.66. The van der Waals surface area contributed by atoms with Crippen molar-refractivity contribution in [2.45, 2.75) is 30.8 Å². The zero-order valence-electron chi connectivity index (χ0n) is 15.7. The van der Waals surface area contributed by atoms with Crippen LogP contribution in [0.25, 0.3) is 10.2 Å². The first-order valence-corrected chi connectivity index (χ1v) is 10.9. The van der Waals surface area contributed by atoms with Crippen molar-refractivity contribution in [1.29, 1.82) is 0 Å². The largest absolute Gasteiger partial charge is 0.383 e. The fourth-order valence-electron chi connectivity index (χ4n) is 3.20. The van der Waals surface area contributed by atoms with Gasteiger partial charge in [-0.3, -0.25) is 9.59 Å². The van der Waals surface area contributed by atoms with Gasteiger partial charge in [0.25, 0.3) is 5.56 Å². The molecule has 0 unspecified atom stereocenters. The quantitative estimate of drug-likeness (QED) is 0.502. The van der Waals surface area contributed by atoms with E-state index >= 15 is 0 Å². The second kappa shape index (κ2) is 9.68. The van der Waals surface area contributed by atoms with Gasteiger partial charge < -0.3 is 19.4 Å². The van der Waals surface area contributed by atoms with E-state index in [4.69, 9.17) is 9.47 Å². The molecule has 1 aliphatic carbocycles. The Hall–Kier alpha value is -1.42. The van der Waals surface area contributed by atoms with E-state index in [0.717, 1.165) is 29.5 Å². The molecule has 1 aliphatic rings. The molecule has 0 aliphatic heterocycles. The Morgan fingerprint density at radius 2 is 1.93 bits per heavy atom. The molecular formula is C18H25N3O4S2. The summed E-state index contributed by atoms with van der Waals surface area (Å²) in [5.41, 5.74) is 1.08. The van der Waals surface area contributed by atoms with Crippen LogP contribution in [0.3, 0.4) is 0 Å². The van der Waals surface area contributed by atoms with Gasteiger partial charge in [-0.15, -0.1) is 11.3 Å². The van der Waals surface area contributed by atoms with Crippen LogP contribution in [0.2, 0.25) is 0 Å². The molecular weight excluding hydrogens is 386 g/mol. The summed E-state index contributed by atoms with van der Waals surface area (Å²) >= 11 is 2.88. The number of hydrogen-bond acceptors (Lipinski definition) is 7. The Balaban J connectivity index is 1.70. The van der Waals surface area contributed by atoms with Crippen molar-refractivity contribution >= 4 is 39.2 Å². The average molecular weight is 412 g/mol. The Morgan fingerprint density at radius 3 is 2.63 bits per heavy atom. The number of hydrogen-bond donors (Lipinski definition) is 1. The van der Waals surface area contributed by atoms with E-state index < -0.39 is 0 Å². The molecule has 0 bridgehead atoms. The second-order valence-corrected chi connectivity index (χ2v) is 8.46. The van der Waals surface area contributed by atoms with Crippen molar-refractivity contribution in [3.05, 3.63) is 20.8 Å². The third kappa shape index (κ3) is 4.90. The fourth-order valence-corrected chi connectivity index (χ4v) is 5.28. The molecule has 9 heteroatoms. The van der Waals surface area contributed by atoms with Gasteiger partial charge in [0.15, 0.2) is 5.16 Å². The number of nitrogens with zero attached hydrogens (tertiary/aromatic N) is 2. The van der Waals surface area contributed by atoms with Gasteiger partial charge in [-0.1, -0.05) is 11.8 Å². The van der Waals surface area contributed by atoms with Crippen LogP contribution in [0.4, 0.5) is 0 Å². The number of methoxy groups -OCH3 is 2. The standard InChI is InChI=1S/C18H25N3O4S2/c1-24-9-7-21(8-10-25-2)14(22)11-26-18-19-16(23)15-12-5-3-4-6-13(12)27-17(15)20-18/h3-11H2,1-2H3,(H,19,20,23). The minimum atomic E-state index is -0.0926. The highest BCUT2D eigenvalue weighted by molar-refractivity contribution is 7.99. The summed E-state index contributed by atoms with van der Waals surface area (Å²) in [4.78, 5) is 36.3. The summed E-state index contributed by atoms with van der Waals surface area (Å²) in [6.45, 7) is 1.98. The van der Waals surface area contributed by atoms with Gasteiger partial charge in [-0.05, 0) is 31.2 Å². The fraction of sp³-hybridized carbons (Fsp3) is 0.611. The number of carbonyl (C=O) groups excluding carboxylic acids is 1. The Labute approximate surface area is 166 Å². The van der Waals surface area contributed by atoms with E-state index in [-0.39, 0.29) is 17.2 Å². The van der Waals surface area contributed by atoms with E-state index in [0.29, 0.717) is 31.5 Å². The van der Waals surface area contributed by atoms with Gasteiger partial charge in [-0.2, -0.15) is 0 Å². The molecule has 0 saturated carbocycles. The minimum Gasteiger partial charge on any atom is -0.383 e. The molecule has 1 amide bonds. The van der Waals surface area contributed by atoms with Gasteiger partial charge in [0.05, 0.1) is 24.4 Å². The summed E-state index contributed by atoms with van der Waals surface area (Å²) < 4.78 is 10.1. The van der Waals surface area contributed by atoms with Gasteiger partial charge in [0.1, 0.15) is 4.83 Å². The van der Waals surface area contributed by atoms with Crippen LogP contribution in [0.5, 0.6) is 0 Å². The molecule has 7 nitrogen and oxygen atoms in total. The number of nitrogens with one attached hydrogen (secondary N) is 1. The van der Waals surface area contributed by atoms with E-state index in [9.17, 15) is 9.59 Å². The Bertz CT molecular complexity index is 841. The number of thioether (sulfide) groups is 1. The molecule has 0 aromatic carbocycles. The van der Waals surface area contributed by atoms with Crippen molar-refractivity contribution in [2.24, 2.45) is 0 Å². The maximum atomic E-state index is 12.6. The monoisotopic (exact) mass is 411 g/mol. The molecule has 2 aromatic heterocycles. The Morgan fingerprint density at radius 1 is 1.22 bits per heavy atom. The lowest BCUT2D eigenvalue weighted by Crippen LogP contribution is -2.37. The zero-order valence-corrected chi connectivity index (χ0v) is 17.3. The van der Waals surface area contributed by atoms with Crippen molar-refractivity contribution in [2.75, 3.05) is 46.3 Å². The summed E-state index contributed by atoms with van der Waals surface area (Å²) in [6.07, 6.45) is 4.29. The van der Waals surface area contributed by atoms with Crippen LogP contribution in [0, 0.1) is 0 Å². The number of ether oxygens (including phenoxy) is 2. The van der Waals surface area contributed by atoms with Crippen molar-refractivity contribution < 1.29 is 14.3 Å². The van der Waals surface area contributed by atoms with Crippen LogP contribution >= 0.6 is 23.1 Å². The molecule has 0 atom stereocenters. The first-order valence-electron chi connectivity index (χ1n) is 9.07. The number of aryl methyl sites for hydroxylation is 2. The SMILES string of the molecule is COCCN(CCOC)C(=O)CSc1nc2sc3c(c2c(=O)[nH]1)CCCC3. The number of rotatable bonds is 9. The number of carbonyl (C=O) groups is 1. The number of H-pyrrole nitrogens is 1. The molecule has 148 valence electrons. The van der Waals surface area contributed by atoms with Crippen LogP contribution in [-0.2, 0) is 27.1 Å². The van der Waals surface area contributed by atoms with Gasteiger partial charge >= 0.3 is 0 Å². The highest BCUT2D eigenvalue weighted by Crippen LogP contribution is 2.34. The summed E-state index contributed by atoms with van der Waals surface area (Å²) in [5.74, 6) is 0.190. The van der Waals surface area contributed by atoms with Gasteiger partial charge in [-0.25, -0.2) is 4.98 Å². The number of fused-ring (bicyclic) bond motifs is 3. The van der Waals surface area contributed by atoms with Gasteiger partial charge in [0.2, 0.25) is 5.91 Å². The molecule has 2 heterocycles. The van der Waals surface area contributed by atoms with E-state index in [2.05, 4.69) is 9.97 Å². The lowest BCUT2D eigenvalue weighted by molar-refractivity contribution is -0.129. The summed E-state index contributed by atoms with van der Waals surface area (Å²) in [7, 11) is 3.22. The van der Waals surface area contributed by atoms with Crippen LogP contribution in [-0.4, -0.2) is 67.1 Å². The minimum absolute atomic E-state index is 0.0256. The van der Waals surface area contributed by atoms with Crippen LogP contribution < -0.4 is 5.56 Å². The zero-order chi connectivity index (χ0) is 19.2. The normalized spacial score (nSPS) is 13.7. The predicted octanol–water partition coefficient (Wildman–Crippen LogP) is 2.08. The molecule has 3 rings (SSSR count). The average Bonchev–Trinajstić information content (AvgIpc) is 3.05. The highest BCUT2D eigenvalue weighted by Gasteiger charge is 2.20. The number of amides is 1. The Kier molecular flexibility index (Phi) is 7.28.